The van der Waals surface area contributed by atoms with Crippen LogP contribution < -0.4 is 19.6 Å². The summed E-state index contributed by atoms with van der Waals surface area (Å²) in [7, 11) is 1.56. The first-order valence-corrected chi connectivity index (χ1v) is 9.93. The summed E-state index contributed by atoms with van der Waals surface area (Å²) >= 11 is 0. The number of esters is 1. The van der Waals surface area contributed by atoms with Gasteiger partial charge in [-0.1, -0.05) is 12.1 Å². The summed E-state index contributed by atoms with van der Waals surface area (Å²) in [5.41, 5.74) is 5.66. The molecule has 3 aromatic carbocycles. The van der Waals surface area contributed by atoms with E-state index in [1.165, 1.54) is 6.21 Å². The maximum Gasteiger partial charge on any atom is 0.343 e. The molecule has 0 heterocycles. The number of hydrogen-bond acceptors (Lipinski definition) is 6. The number of hydrogen-bond donors (Lipinski definition) is 1. The Labute approximate surface area is 186 Å². The van der Waals surface area contributed by atoms with E-state index in [4.69, 9.17) is 14.2 Å². The molecule has 0 radical (unpaired) electrons. The molecule has 0 saturated heterocycles. The number of hydrazone groups is 1. The highest BCUT2D eigenvalue weighted by Gasteiger charge is 2.09. The third-order valence-electron chi connectivity index (χ3n) is 4.73. The number of carbonyl (C=O) groups excluding carboxylic acids is 2. The van der Waals surface area contributed by atoms with Gasteiger partial charge in [0.15, 0.2) is 6.61 Å². The van der Waals surface area contributed by atoms with Crippen LogP contribution in [0.2, 0.25) is 0 Å². The van der Waals surface area contributed by atoms with E-state index < -0.39 is 5.97 Å². The van der Waals surface area contributed by atoms with Gasteiger partial charge in [-0.2, -0.15) is 5.10 Å². The second-order valence-corrected chi connectivity index (χ2v) is 6.97. The first kappa shape index (κ1) is 22.6. The Morgan fingerprint density at radius 2 is 1.62 bits per heavy atom. The number of carbonyl (C=O) groups is 2. The molecular weight excluding hydrogens is 408 g/mol. The molecule has 0 aromatic heterocycles. The third-order valence-corrected chi connectivity index (χ3v) is 4.73. The van der Waals surface area contributed by atoms with Gasteiger partial charge in [-0.05, 0) is 85.1 Å². The number of amides is 1. The average Bonchev–Trinajstić information content (AvgIpc) is 2.81. The lowest BCUT2D eigenvalue weighted by molar-refractivity contribution is -0.123. The minimum Gasteiger partial charge on any atom is -0.497 e. The summed E-state index contributed by atoms with van der Waals surface area (Å²) in [4.78, 5) is 24.1. The van der Waals surface area contributed by atoms with E-state index in [9.17, 15) is 9.59 Å². The van der Waals surface area contributed by atoms with Crippen molar-refractivity contribution in [2.75, 3.05) is 13.7 Å². The number of methoxy groups -OCH3 is 1. The summed E-state index contributed by atoms with van der Waals surface area (Å²) in [6.07, 6.45) is 1.49. The maximum absolute atomic E-state index is 12.2. The van der Waals surface area contributed by atoms with Crippen molar-refractivity contribution in [3.63, 3.8) is 0 Å². The molecule has 0 bridgehead atoms. The van der Waals surface area contributed by atoms with Crippen molar-refractivity contribution in [2.24, 2.45) is 5.10 Å². The zero-order valence-corrected chi connectivity index (χ0v) is 18.1. The Hall–Kier alpha value is -4.13. The molecule has 1 N–H and O–H groups in total. The maximum atomic E-state index is 12.2. The molecule has 3 rings (SSSR count). The number of nitrogens with one attached hydrogen (secondary N) is 1. The van der Waals surface area contributed by atoms with Gasteiger partial charge in [0, 0.05) is 0 Å². The minimum atomic E-state index is -0.467. The molecule has 3 aromatic rings. The van der Waals surface area contributed by atoms with Crippen LogP contribution in [0.5, 0.6) is 17.2 Å². The fraction of sp³-hybridized carbons (Fsp3) is 0.160. The molecule has 0 aliphatic rings. The molecular formula is C25H24N2O5. The van der Waals surface area contributed by atoms with E-state index in [1.54, 1.807) is 55.6 Å². The van der Waals surface area contributed by atoms with Gasteiger partial charge in [0.25, 0.3) is 5.91 Å². The van der Waals surface area contributed by atoms with Gasteiger partial charge in [0.05, 0.1) is 18.9 Å². The highest BCUT2D eigenvalue weighted by atomic mass is 16.5. The lowest BCUT2D eigenvalue weighted by Gasteiger charge is -2.09. The van der Waals surface area contributed by atoms with Crippen molar-refractivity contribution < 1.29 is 23.8 Å². The van der Waals surface area contributed by atoms with Crippen LogP contribution in [0.3, 0.4) is 0 Å². The van der Waals surface area contributed by atoms with Gasteiger partial charge in [-0.25, -0.2) is 10.2 Å². The lowest BCUT2D eigenvalue weighted by Crippen LogP contribution is -2.24. The Bertz CT molecular complexity index is 1110. The smallest absolute Gasteiger partial charge is 0.343 e. The van der Waals surface area contributed by atoms with Gasteiger partial charge in [0.2, 0.25) is 0 Å². The highest BCUT2D eigenvalue weighted by molar-refractivity contribution is 5.91. The van der Waals surface area contributed by atoms with Crippen molar-refractivity contribution in [1.29, 1.82) is 0 Å². The monoisotopic (exact) mass is 432 g/mol. The van der Waals surface area contributed by atoms with Crippen LogP contribution in [0.4, 0.5) is 0 Å². The quantitative estimate of drug-likeness (QED) is 0.251. The largest absolute Gasteiger partial charge is 0.497 e. The molecule has 0 aliphatic carbocycles. The van der Waals surface area contributed by atoms with Crippen LogP contribution in [-0.2, 0) is 4.79 Å². The molecule has 0 saturated carbocycles. The van der Waals surface area contributed by atoms with E-state index >= 15 is 0 Å². The highest BCUT2D eigenvalue weighted by Crippen LogP contribution is 2.20. The second-order valence-electron chi connectivity index (χ2n) is 6.97. The Morgan fingerprint density at radius 3 is 2.31 bits per heavy atom. The molecule has 7 nitrogen and oxygen atoms in total. The van der Waals surface area contributed by atoms with E-state index in [0.717, 1.165) is 16.7 Å². The van der Waals surface area contributed by atoms with Crippen molar-refractivity contribution in [2.45, 2.75) is 13.8 Å². The number of ether oxygens (including phenoxy) is 3. The molecule has 164 valence electrons. The minimum absolute atomic E-state index is 0.137. The van der Waals surface area contributed by atoms with Crippen molar-refractivity contribution in [1.82, 2.24) is 5.43 Å². The van der Waals surface area contributed by atoms with E-state index in [1.807, 2.05) is 32.0 Å². The SMILES string of the molecule is COc1ccc(C(=O)Oc2ccc(C=NNC(=O)COc3cccc(C)c3C)cc2)cc1. The van der Waals surface area contributed by atoms with Gasteiger partial charge < -0.3 is 14.2 Å². The molecule has 0 unspecified atom stereocenters. The fourth-order valence-corrected chi connectivity index (χ4v) is 2.75. The predicted molar refractivity (Wildman–Crippen MR) is 122 cm³/mol. The van der Waals surface area contributed by atoms with Crippen molar-refractivity contribution >= 4 is 18.1 Å². The zero-order chi connectivity index (χ0) is 22.9. The normalized spacial score (nSPS) is 10.6. The topological polar surface area (TPSA) is 86.2 Å². The summed E-state index contributed by atoms with van der Waals surface area (Å²) < 4.78 is 16.0. The fourth-order valence-electron chi connectivity index (χ4n) is 2.75. The number of nitrogens with zero attached hydrogens (tertiary/aromatic N) is 1. The summed E-state index contributed by atoms with van der Waals surface area (Å²) in [5, 5.41) is 3.92. The second kappa shape index (κ2) is 10.8. The predicted octanol–water partition coefficient (Wildman–Crippen LogP) is 4.06. The van der Waals surface area contributed by atoms with Gasteiger partial charge in [-0.15, -0.1) is 0 Å². The Kier molecular flexibility index (Phi) is 7.59. The molecule has 0 atom stereocenters. The van der Waals surface area contributed by atoms with E-state index in [2.05, 4.69) is 10.5 Å². The summed E-state index contributed by atoms with van der Waals surface area (Å²) in [5.74, 6) is 0.893. The van der Waals surface area contributed by atoms with Gasteiger partial charge in [0.1, 0.15) is 17.2 Å². The third kappa shape index (κ3) is 6.18. The van der Waals surface area contributed by atoms with Crippen LogP contribution in [-0.4, -0.2) is 31.8 Å². The first-order valence-electron chi connectivity index (χ1n) is 9.93. The number of benzene rings is 3. The molecule has 0 aliphatic heterocycles. The molecule has 32 heavy (non-hydrogen) atoms. The van der Waals surface area contributed by atoms with Crippen LogP contribution in [0.15, 0.2) is 71.8 Å². The van der Waals surface area contributed by atoms with Crippen LogP contribution >= 0.6 is 0 Å². The first-order chi connectivity index (χ1) is 15.5. The Balaban J connectivity index is 1.47. The standard InChI is InChI=1S/C25H24N2O5/c1-17-5-4-6-23(18(17)2)31-16-24(28)27-26-15-19-7-11-22(12-8-19)32-25(29)20-9-13-21(30-3)14-10-20/h4-15H,16H2,1-3H3,(H,27,28). The molecule has 0 spiro atoms. The lowest BCUT2D eigenvalue weighted by atomic mass is 10.1. The van der Waals surface area contributed by atoms with Crippen molar-refractivity contribution in [3.8, 4) is 17.2 Å². The van der Waals surface area contributed by atoms with Crippen molar-refractivity contribution in [3.05, 3.63) is 89.0 Å². The number of aryl methyl sites for hydroxylation is 1. The Morgan fingerprint density at radius 1 is 0.938 bits per heavy atom. The van der Waals surface area contributed by atoms with E-state index in [-0.39, 0.29) is 12.5 Å². The molecule has 0 fully saturated rings. The van der Waals surface area contributed by atoms with Gasteiger partial charge >= 0.3 is 5.97 Å². The molecule has 1 amide bonds. The van der Waals surface area contributed by atoms with Crippen LogP contribution in [0.1, 0.15) is 27.0 Å². The van der Waals surface area contributed by atoms with E-state index in [0.29, 0.717) is 22.8 Å². The summed E-state index contributed by atoms with van der Waals surface area (Å²) in [6, 6.07) is 19.1. The van der Waals surface area contributed by atoms with Crippen LogP contribution in [0.25, 0.3) is 0 Å². The van der Waals surface area contributed by atoms with Crippen LogP contribution in [0, 0.1) is 13.8 Å². The van der Waals surface area contributed by atoms with Gasteiger partial charge in [-0.3, -0.25) is 4.79 Å². The molecule has 7 heteroatoms. The average molecular weight is 432 g/mol. The number of rotatable bonds is 8. The zero-order valence-electron chi connectivity index (χ0n) is 18.1. The summed E-state index contributed by atoms with van der Waals surface area (Å²) in [6.45, 7) is 3.79.